The summed E-state index contributed by atoms with van der Waals surface area (Å²) >= 11 is 6.31. The van der Waals surface area contributed by atoms with Crippen molar-refractivity contribution >= 4 is 29.1 Å². The summed E-state index contributed by atoms with van der Waals surface area (Å²) < 4.78 is 60.9. The molecule has 2 aromatic heterocycles. The van der Waals surface area contributed by atoms with Crippen LogP contribution in [0, 0.1) is 5.82 Å². The highest BCUT2D eigenvalue weighted by Crippen LogP contribution is 2.36. The van der Waals surface area contributed by atoms with Gasteiger partial charge < -0.3 is 9.64 Å². The minimum atomic E-state index is -4.86. The molecule has 186 valence electrons. The SMILES string of the molecule is CCCCOC(=O)c1cc(C(F)(F)F)c2nc(C(=O)N3CCC(c4cccc(F)c4)C3)c(Cl)n2c1. The molecule has 0 radical (unpaired) electrons. The molecule has 3 heterocycles. The van der Waals surface area contributed by atoms with E-state index in [1.165, 1.54) is 17.0 Å². The van der Waals surface area contributed by atoms with Crippen molar-refractivity contribution < 1.29 is 31.9 Å². The molecule has 1 aliphatic rings. The first-order valence-corrected chi connectivity index (χ1v) is 11.5. The quantitative estimate of drug-likeness (QED) is 0.241. The summed E-state index contributed by atoms with van der Waals surface area (Å²) in [7, 11) is 0. The Hall–Kier alpha value is -3.14. The normalized spacial score (nSPS) is 16.2. The smallest absolute Gasteiger partial charge is 0.420 e. The summed E-state index contributed by atoms with van der Waals surface area (Å²) in [6, 6.07) is 6.71. The Bertz CT molecular complexity index is 1270. The van der Waals surface area contributed by atoms with Crippen LogP contribution >= 0.6 is 11.6 Å². The maximum absolute atomic E-state index is 13.8. The number of pyridine rings is 1. The number of rotatable bonds is 6. The van der Waals surface area contributed by atoms with Gasteiger partial charge in [0.15, 0.2) is 11.3 Å². The predicted molar refractivity (Wildman–Crippen MR) is 120 cm³/mol. The standard InChI is InChI=1S/C24H22ClF4N3O3/c1-2-3-9-35-23(34)16-11-18(24(27,28)29)21-30-19(20(25)32(21)13-16)22(33)31-8-7-15(12-31)14-5-4-6-17(26)10-14/h4-6,10-11,13,15H,2-3,7-9,12H2,1H3. The van der Waals surface area contributed by atoms with E-state index < -0.39 is 29.3 Å². The van der Waals surface area contributed by atoms with Crippen molar-refractivity contribution in [2.45, 2.75) is 38.3 Å². The van der Waals surface area contributed by atoms with Crippen LogP contribution in [0.4, 0.5) is 17.6 Å². The first-order chi connectivity index (χ1) is 16.6. The second-order valence-corrected chi connectivity index (χ2v) is 8.72. The van der Waals surface area contributed by atoms with Crippen molar-refractivity contribution in [3.63, 3.8) is 0 Å². The van der Waals surface area contributed by atoms with Gasteiger partial charge in [-0.3, -0.25) is 9.20 Å². The van der Waals surface area contributed by atoms with Crippen LogP contribution in [0.25, 0.3) is 5.65 Å². The Morgan fingerprint density at radius 2 is 2.03 bits per heavy atom. The van der Waals surface area contributed by atoms with Gasteiger partial charge in [-0.15, -0.1) is 0 Å². The Morgan fingerprint density at radius 1 is 1.26 bits per heavy atom. The molecular formula is C24H22ClF4N3O3. The number of hydrogen-bond acceptors (Lipinski definition) is 4. The lowest BCUT2D eigenvalue weighted by Gasteiger charge is -2.15. The second-order valence-electron chi connectivity index (χ2n) is 8.37. The fourth-order valence-electron chi connectivity index (χ4n) is 4.09. The van der Waals surface area contributed by atoms with E-state index in [1.54, 1.807) is 12.1 Å². The van der Waals surface area contributed by atoms with Gasteiger partial charge in [-0.05, 0) is 36.6 Å². The zero-order chi connectivity index (χ0) is 25.3. The highest BCUT2D eigenvalue weighted by molar-refractivity contribution is 6.33. The minimum Gasteiger partial charge on any atom is -0.462 e. The van der Waals surface area contributed by atoms with Crippen LogP contribution in [-0.2, 0) is 10.9 Å². The van der Waals surface area contributed by atoms with Gasteiger partial charge in [0.2, 0.25) is 0 Å². The molecule has 0 aliphatic carbocycles. The van der Waals surface area contributed by atoms with Crippen LogP contribution in [-0.4, -0.2) is 45.9 Å². The zero-order valence-electron chi connectivity index (χ0n) is 18.7. The Labute approximate surface area is 203 Å². The molecular weight excluding hydrogens is 490 g/mol. The number of benzene rings is 1. The molecule has 1 aliphatic heterocycles. The molecule has 35 heavy (non-hydrogen) atoms. The molecule has 0 N–H and O–H groups in total. The van der Waals surface area contributed by atoms with Crippen molar-refractivity contribution in [3.8, 4) is 0 Å². The molecule has 1 fully saturated rings. The van der Waals surface area contributed by atoms with Crippen molar-refractivity contribution in [2.24, 2.45) is 0 Å². The topological polar surface area (TPSA) is 63.9 Å². The monoisotopic (exact) mass is 511 g/mol. The van der Waals surface area contributed by atoms with Crippen LogP contribution in [0.3, 0.4) is 0 Å². The van der Waals surface area contributed by atoms with Crippen LogP contribution in [0.15, 0.2) is 36.5 Å². The molecule has 1 amide bonds. The molecule has 1 unspecified atom stereocenters. The number of hydrogen-bond donors (Lipinski definition) is 0. The molecule has 0 saturated carbocycles. The molecule has 0 spiro atoms. The van der Waals surface area contributed by atoms with Crippen LogP contribution in [0.5, 0.6) is 0 Å². The summed E-state index contributed by atoms with van der Waals surface area (Å²) in [5.41, 5.74) is -1.77. The second kappa shape index (κ2) is 9.85. The highest BCUT2D eigenvalue weighted by atomic mass is 35.5. The maximum Gasteiger partial charge on any atom is 0.420 e. The summed E-state index contributed by atoms with van der Waals surface area (Å²) in [5.74, 6) is -2.08. The third-order valence-electron chi connectivity index (χ3n) is 5.93. The van der Waals surface area contributed by atoms with E-state index in [9.17, 15) is 27.2 Å². The first kappa shape index (κ1) is 25.0. The summed E-state index contributed by atoms with van der Waals surface area (Å²) in [4.78, 5) is 30.8. The van der Waals surface area contributed by atoms with Gasteiger partial charge in [0, 0.05) is 25.2 Å². The fourth-order valence-corrected chi connectivity index (χ4v) is 4.35. The third-order valence-corrected chi connectivity index (χ3v) is 6.29. The van der Waals surface area contributed by atoms with Gasteiger partial charge in [0.1, 0.15) is 11.0 Å². The molecule has 0 bridgehead atoms. The van der Waals surface area contributed by atoms with E-state index in [-0.39, 0.29) is 41.3 Å². The van der Waals surface area contributed by atoms with Gasteiger partial charge in [-0.25, -0.2) is 14.2 Å². The number of halogens is 5. The van der Waals surface area contributed by atoms with Gasteiger partial charge >= 0.3 is 12.1 Å². The average Bonchev–Trinajstić information content (AvgIpc) is 3.43. The summed E-state index contributed by atoms with van der Waals surface area (Å²) in [6.45, 7) is 2.50. The van der Waals surface area contributed by atoms with Gasteiger partial charge in [-0.2, -0.15) is 13.2 Å². The molecule has 1 saturated heterocycles. The number of nitrogens with zero attached hydrogens (tertiary/aromatic N) is 3. The number of alkyl halides is 3. The molecule has 3 aromatic rings. The summed E-state index contributed by atoms with van der Waals surface area (Å²) in [6.07, 6.45) is -1.90. The number of amides is 1. The van der Waals surface area contributed by atoms with Crippen LogP contribution < -0.4 is 0 Å². The first-order valence-electron chi connectivity index (χ1n) is 11.1. The van der Waals surface area contributed by atoms with E-state index in [2.05, 4.69) is 4.98 Å². The maximum atomic E-state index is 13.8. The van der Waals surface area contributed by atoms with Gasteiger partial charge in [0.25, 0.3) is 5.91 Å². The highest BCUT2D eigenvalue weighted by Gasteiger charge is 2.38. The molecule has 11 heteroatoms. The van der Waals surface area contributed by atoms with Gasteiger partial charge in [-0.1, -0.05) is 37.1 Å². The Morgan fingerprint density at radius 3 is 2.71 bits per heavy atom. The minimum absolute atomic E-state index is 0.0670. The van der Waals surface area contributed by atoms with Crippen molar-refractivity contribution in [1.29, 1.82) is 0 Å². The zero-order valence-corrected chi connectivity index (χ0v) is 19.5. The van der Waals surface area contributed by atoms with Crippen LogP contribution in [0.1, 0.15) is 64.1 Å². The van der Waals surface area contributed by atoms with Crippen molar-refractivity contribution in [1.82, 2.24) is 14.3 Å². The summed E-state index contributed by atoms with van der Waals surface area (Å²) in [5, 5.41) is -0.340. The molecule has 4 rings (SSSR count). The predicted octanol–water partition coefficient (Wildman–Crippen LogP) is 5.73. The van der Waals surface area contributed by atoms with E-state index in [0.717, 1.165) is 22.6 Å². The average molecular weight is 512 g/mol. The lowest BCUT2D eigenvalue weighted by Crippen LogP contribution is -2.29. The number of fused-ring (bicyclic) bond motifs is 1. The van der Waals surface area contributed by atoms with E-state index in [0.29, 0.717) is 25.5 Å². The van der Waals surface area contributed by atoms with E-state index in [4.69, 9.17) is 16.3 Å². The number of esters is 1. The van der Waals surface area contributed by atoms with E-state index in [1.807, 2.05) is 6.92 Å². The van der Waals surface area contributed by atoms with Crippen molar-refractivity contribution in [3.05, 3.63) is 69.9 Å². The Balaban J connectivity index is 1.66. The number of unbranched alkanes of at least 4 members (excludes halogenated alkanes) is 1. The number of carbonyl (C=O) groups is 2. The lowest BCUT2D eigenvalue weighted by molar-refractivity contribution is -0.136. The Kier molecular flexibility index (Phi) is 7.02. The third kappa shape index (κ3) is 5.12. The van der Waals surface area contributed by atoms with Crippen molar-refractivity contribution in [2.75, 3.05) is 19.7 Å². The van der Waals surface area contributed by atoms with Gasteiger partial charge in [0.05, 0.1) is 17.7 Å². The molecule has 6 nitrogen and oxygen atoms in total. The molecule has 1 aromatic carbocycles. The largest absolute Gasteiger partial charge is 0.462 e. The number of aromatic nitrogens is 2. The molecule has 1 atom stereocenters. The number of carbonyl (C=O) groups excluding carboxylic acids is 2. The fraction of sp³-hybridized carbons (Fsp3) is 0.375. The lowest BCUT2D eigenvalue weighted by atomic mass is 9.98. The van der Waals surface area contributed by atoms with E-state index >= 15 is 0 Å². The van der Waals surface area contributed by atoms with Crippen LogP contribution in [0.2, 0.25) is 5.15 Å². The number of ether oxygens (including phenoxy) is 1. The number of imidazole rings is 1. The number of likely N-dealkylation sites (tertiary alicyclic amines) is 1.